The quantitative estimate of drug-likeness (QED) is 0.898. The van der Waals surface area contributed by atoms with E-state index in [1.54, 1.807) is 14.2 Å². The van der Waals surface area contributed by atoms with Crippen molar-refractivity contribution in [3.05, 3.63) is 23.0 Å². The van der Waals surface area contributed by atoms with Gasteiger partial charge in [0.1, 0.15) is 5.69 Å². The molecule has 1 saturated heterocycles. The standard InChI is InChI=1S/C14H22N2O3/c1-9-5-10(2)15-13(9)14(17)16-7-12(19-4)6-11(16)8-18-3/h5,11-12,15H,6-8H2,1-4H3/t11-,12-/m0/s1. The van der Waals surface area contributed by atoms with Gasteiger partial charge in [-0.05, 0) is 31.9 Å². The third-order valence-corrected chi connectivity index (χ3v) is 3.69. The fraction of sp³-hybridized carbons (Fsp3) is 0.643. The first-order valence-electron chi connectivity index (χ1n) is 6.55. The van der Waals surface area contributed by atoms with E-state index in [2.05, 4.69) is 4.98 Å². The second-order valence-corrected chi connectivity index (χ2v) is 5.17. The van der Waals surface area contributed by atoms with Crippen molar-refractivity contribution < 1.29 is 14.3 Å². The Bertz CT molecular complexity index is 456. The molecule has 1 amide bonds. The molecule has 1 aliphatic rings. The van der Waals surface area contributed by atoms with E-state index in [4.69, 9.17) is 9.47 Å². The zero-order valence-electron chi connectivity index (χ0n) is 12.0. The Morgan fingerprint density at radius 3 is 2.74 bits per heavy atom. The molecule has 0 aliphatic carbocycles. The van der Waals surface area contributed by atoms with Crippen LogP contribution in [-0.2, 0) is 9.47 Å². The lowest BCUT2D eigenvalue weighted by atomic mass is 10.2. The van der Waals surface area contributed by atoms with Crippen LogP contribution in [0.25, 0.3) is 0 Å². The van der Waals surface area contributed by atoms with Crippen molar-refractivity contribution in [3.63, 3.8) is 0 Å². The number of hydrogen-bond donors (Lipinski definition) is 1. The molecule has 106 valence electrons. The first-order valence-corrected chi connectivity index (χ1v) is 6.55. The fourth-order valence-electron chi connectivity index (χ4n) is 2.74. The second-order valence-electron chi connectivity index (χ2n) is 5.17. The zero-order valence-corrected chi connectivity index (χ0v) is 12.0. The molecule has 0 spiro atoms. The van der Waals surface area contributed by atoms with Crippen LogP contribution < -0.4 is 0 Å². The van der Waals surface area contributed by atoms with Crippen LogP contribution in [-0.4, -0.2) is 55.3 Å². The molecule has 5 heteroatoms. The minimum absolute atomic E-state index is 0.0344. The summed E-state index contributed by atoms with van der Waals surface area (Å²) in [4.78, 5) is 17.6. The number of aromatic nitrogens is 1. The number of likely N-dealkylation sites (tertiary alicyclic amines) is 1. The van der Waals surface area contributed by atoms with E-state index in [0.29, 0.717) is 18.8 Å². The molecule has 2 atom stereocenters. The lowest BCUT2D eigenvalue weighted by Crippen LogP contribution is -2.39. The number of aromatic amines is 1. The minimum atomic E-state index is 0.0344. The maximum atomic E-state index is 12.6. The van der Waals surface area contributed by atoms with Crippen LogP contribution in [0, 0.1) is 13.8 Å². The summed E-state index contributed by atoms with van der Waals surface area (Å²) in [6, 6.07) is 2.08. The highest BCUT2D eigenvalue weighted by molar-refractivity contribution is 5.94. The number of amides is 1. The van der Waals surface area contributed by atoms with Gasteiger partial charge in [0, 0.05) is 26.5 Å². The van der Waals surface area contributed by atoms with Crippen molar-refractivity contribution in [1.29, 1.82) is 0 Å². The summed E-state index contributed by atoms with van der Waals surface area (Å²) >= 11 is 0. The summed E-state index contributed by atoms with van der Waals surface area (Å²) in [5, 5.41) is 0. The molecule has 5 nitrogen and oxygen atoms in total. The number of nitrogens with zero attached hydrogens (tertiary/aromatic N) is 1. The van der Waals surface area contributed by atoms with Gasteiger partial charge in [0.05, 0.1) is 18.8 Å². The molecule has 1 N–H and O–H groups in total. The first-order chi connectivity index (χ1) is 9.06. The molecule has 1 aromatic rings. The number of aryl methyl sites for hydroxylation is 2. The molecule has 0 unspecified atom stereocenters. The van der Waals surface area contributed by atoms with Gasteiger partial charge in [-0.3, -0.25) is 4.79 Å². The highest BCUT2D eigenvalue weighted by atomic mass is 16.5. The largest absolute Gasteiger partial charge is 0.383 e. The van der Waals surface area contributed by atoms with Gasteiger partial charge < -0.3 is 19.4 Å². The third kappa shape index (κ3) is 2.82. The van der Waals surface area contributed by atoms with Crippen LogP contribution in [0.15, 0.2) is 6.07 Å². The average Bonchev–Trinajstić information content (AvgIpc) is 2.92. The topological polar surface area (TPSA) is 54.6 Å². The highest BCUT2D eigenvalue weighted by Gasteiger charge is 2.36. The Morgan fingerprint density at radius 2 is 2.21 bits per heavy atom. The van der Waals surface area contributed by atoms with Crippen LogP contribution in [0.2, 0.25) is 0 Å². The van der Waals surface area contributed by atoms with E-state index in [0.717, 1.165) is 17.7 Å². The number of carbonyl (C=O) groups excluding carboxylic acids is 1. The molecule has 1 aromatic heterocycles. The average molecular weight is 266 g/mol. The van der Waals surface area contributed by atoms with E-state index in [1.807, 2.05) is 24.8 Å². The van der Waals surface area contributed by atoms with Crippen molar-refractivity contribution >= 4 is 5.91 Å². The van der Waals surface area contributed by atoms with Crippen molar-refractivity contribution in [2.45, 2.75) is 32.4 Å². The normalized spacial score (nSPS) is 23.1. The Kier molecular flexibility index (Phi) is 4.27. The summed E-state index contributed by atoms with van der Waals surface area (Å²) < 4.78 is 10.6. The van der Waals surface area contributed by atoms with Crippen molar-refractivity contribution in [1.82, 2.24) is 9.88 Å². The Labute approximate surface area is 113 Å². The van der Waals surface area contributed by atoms with E-state index in [1.165, 1.54) is 0 Å². The summed E-state index contributed by atoms with van der Waals surface area (Å²) in [5.41, 5.74) is 2.67. The molecule has 19 heavy (non-hydrogen) atoms. The number of nitrogens with one attached hydrogen (secondary N) is 1. The fourth-order valence-corrected chi connectivity index (χ4v) is 2.74. The molecular formula is C14H22N2O3. The van der Waals surface area contributed by atoms with Gasteiger partial charge in [0.25, 0.3) is 5.91 Å². The summed E-state index contributed by atoms with van der Waals surface area (Å²) in [6.45, 7) is 5.08. The lowest BCUT2D eigenvalue weighted by Gasteiger charge is -2.23. The predicted octanol–water partition coefficient (Wildman–Crippen LogP) is 1.51. The van der Waals surface area contributed by atoms with Crippen LogP contribution in [0.3, 0.4) is 0 Å². The molecule has 1 fully saturated rings. The molecule has 0 bridgehead atoms. The van der Waals surface area contributed by atoms with Crippen LogP contribution in [0.5, 0.6) is 0 Å². The number of methoxy groups -OCH3 is 2. The van der Waals surface area contributed by atoms with Gasteiger partial charge in [-0.15, -0.1) is 0 Å². The second kappa shape index (κ2) is 5.75. The Morgan fingerprint density at radius 1 is 1.47 bits per heavy atom. The van der Waals surface area contributed by atoms with E-state index in [-0.39, 0.29) is 18.1 Å². The maximum Gasteiger partial charge on any atom is 0.270 e. The Hall–Kier alpha value is -1.33. The van der Waals surface area contributed by atoms with Gasteiger partial charge in [0.15, 0.2) is 0 Å². The van der Waals surface area contributed by atoms with Crippen molar-refractivity contribution in [2.75, 3.05) is 27.4 Å². The van der Waals surface area contributed by atoms with Gasteiger partial charge in [0.2, 0.25) is 0 Å². The highest BCUT2D eigenvalue weighted by Crippen LogP contribution is 2.23. The van der Waals surface area contributed by atoms with Crippen LogP contribution in [0.1, 0.15) is 28.2 Å². The van der Waals surface area contributed by atoms with E-state index < -0.39 is 0 Å². The summed E-state index contributed by atoms with van der Waals surface area (Å²) in [6.07, 6.45) is 0.926. The summed E-state index contributed by atoms with van der Waals surface area (Å²) in [7, 11) is 3.35. The van der Waals surface area contributed by atoms with Gasteiger partial charge in [-0.2, -0.15) is 0 Å². The smallest absolute Gasteiger partial charge is 0.270 e. The third-order valence-electron chi connectivity index (χ3n) is 3.69. The number of H-pyrrole nitrogens is 1. The SMILES string of the molecule is COC[C@@H]1C[C@H](OC)CN1C(=O)c1[nH]c(C)cc1C. The zero-order chi connectivity index (χ0) is 14.0. The molecule has 2 rings (SSSR count). The molecule has 1 aliphatic heterocycles. The lowest BCUT2D eigenvalue weighted by molar-refractivity contribution is 0.0606. The number of carbonyl (C=O) groups is 1. The van der Waals surface area contributed by atoms with Crippen molar-refractivity contribution in [3.8, 4) is 0 Å². The maximum absolute atomic E-state index is 12.6. The van der Waals surface area contributed by atoms with E-state index >= 15 is 0 Å². The molecule has 0 radical (unpaired) electrons. The number of ether oxygens (including phenoxy) is 2. The Balaban J connectivity index is 2.19. The monoisotopic (exact) mass is 266 g/mol. The van der Waals surface area contributed by atoms with Gasteiger partial charge in [-0.1, -0.05) is 0 Å². The molecule has 0 aromatic carbocycles. The molecule has 2 heterocycles. The van der Waals surface area contributed by atoms with Gasteiger partial charge >= 0.3 is 0 Å². The summed E-state index contributed by atoms with van der Waals surface area (Å²) in [5.74, 6) is 0.0344. The van der Waals surface area contributed by atoms with Gasteiger partial charge in [-0.25, -0.2) is 0 Å². The van der Waals surface area contributed by atoms with E-state index in [9.17, 15) is 4.79 Å². The van der Waals surface area contributed by atoms with Crippen LogP contribution in [0.4, 0.5) is 0 Å². The minimum Gasteiger partial charge on any atom is -0.383 e. The van der Waals surface area contributed by atoms with Crippen LogP contribution >= 0.6 is 0 Å². The predicted molar refractivity (Wildman–Crippen MR) is 72.4 cm³/mol. The molecule has 0 saturated carbocycles. The number of rotatable bonds is 4. The molecular weight excluding hydrogens is 244 g/mol. The first kappa shape index (κ1) is 14.1. The van der Waals surface area contributed by atoms with Crippen molar-refractivity contribution in [2.24, 2.45) is 0 Å². The number of hydrogen-bond acceptors (Lipinski definition) is 3.